The summed E-state index contributed by atoms with van der Waals surface area (Å²) in [6.07, 6.45) is 0.808. The molecule has 150 valence electrons. The van der Waals surface area contributed by atoms with Gasteiger partial charge in [-0.1, -0.05) is 30.3 Å². The fraction of sp³-hybridized carbons (Fsp3) is 0.318. The molecule has 0 radical (unpaired) electrons. The standard InChI is InChI=1S/C22H24N4O3/c1-15-23-24-21-14-25(13-18(26(15)21)11-16-7-5-4-6-8-16)22(27)17-9-10-19(28-2)20(12-17)29-3/h4-10,12,18H,11,13-14H2,1-3H3/t18-/m1/s1. The summed E-state index contributed by atoms with van der Waals surface area (Å²) in [7, 11) is 3.14. The Labute approximate surface area is 169 Å². The molecule has 1 aliphatic heterocycles. The molecule has 0 fully saturated rings. The van der Waals surface area contributed by atoms with Crippen LogP contribution >= 0.6 is 0 Å². The number of rotatable bonds is 5. The van der Waals surface area contributed by atoms with Gasteiger partial charge in [0.25, 0.3) is 5.91 Å². The molecule has 0 spiro atoms. The minimum Gasteiger partial charge on any atom is -0.493 e. The number of methoxy groups -OCH3 is 2. The first kappa shape index (κ1) is 19.0. The maximum Gasteiger partial charge on any atom is 0.254 e. The van der Waals surface area contributed by atoms with E-state index in [2.05, 4.69) is 26.9 Å². The first-order chi connectivity index (χ1) is 14.1. The predicted molar refractivity (Wildman–Crippen MR) is 108 cm³/mol. The van der Waals surface area contributed by atoms with Gasteiger partial charge in [0.15, 0.2) is 17.3 Å². The summed E-state index contributed by atoms with van der Waals surface area (Å²) in [6, 6.07) is 15.6. The number of fused-ring (bicyclic) bond motifs is 1. The second kappa shape index (κ2) is 7.95. The van der Waals surface area contributed by atoms with Crippen molar-refractivity contribution in [2.24, 2.45) is 0 Å². The number of ether oxygens (including phenoxy) is 2. The zero-order valence-corrected chi connectivity index (χ0v) is 16.8. The average molecular weight is 392 g/mol. The monoisotopic (exact) mass is 392 g/mol. The Morgan fingerprint density at radius 3 is 2.55 bits per heavy atom. The summed E-state index contributed by atoms with van der Waals surface area (Å²) in [5, 5.41) is 8.56. The van der Waals surface area contributed by atoms with Crippen molar-refractivity contribution in [1.82, 2.24) is 19.7 Å². The molecule has 4 rings (SSSR count). The van der Waals surface area contributed by atoms with Crippen LogP contribution in [0.25, 0.3) is 0 Å². The van der Waals surface area contributed by atoms with E-state index in [9.17, 15) is 4.79 Å². The molecule has 7 heteroatoms. The number of benzene rings is 2. The van der Waals surface area contributed by atoms with Crippen LogP contribution in [0, 0.1) is 6.92 Å². The van der Waals surface area contributed by atoms with E-state index in [1.54, 1.807) is 32.4 Å². The van der Waals surface area contributed by atoms with Crippen LogP contribution in [0.3, 0.4) is 0 Å². The quantitative estimate of drug-likeness (QED) is 0.668. The van der Waals surface area contributed by atoms with E-state index in [-0.39, 0.29) is 11.9 Å². The number of carbonyl (C=O) groups excluding carboxylic acids is 1. The topological polar surface area (TPSA) is 69.5 Å². The molecule has 0 N–H and O–H groups in total. The van der Waals surface area contributed by atoms with Crippen molar-refractivity contribution in [3.8, 4) is 11.5 Å². The predicted octanol–water partition coefficient (Wildman–Crippen LogP) is 3.04. The van der Waals surface area contributed by atoms with Gasteiger partial charge in [0, 0.05) is 12.1 Å². The average Bonchev–Trinajstić information content (AvgIpc) is 3.14. The van der Waals surface area contributed by atoms with Crippen LogP contribution < -0.4 is 9.47 Å². The third kappa shape index (κ3) is 3.68. The first-order valence-electron chi connectivity index (χ1n) is 9.56. The van der Waals surface area contributed by atoms with Gasteiger partial charge in [0.05, 0.1) is 26.8 Å². The van der Waals surface area contributed by atoms with Crippen molar-refractivity contribution in [3.05, 3.63) is 71.3 Å². The van der Waals surface area contributed by atoms with Crippen LogP contribution in [0.15, 0.2) is 48.5 Å². The number of carbonyl (C=O) groups is 1. The highest BCUT2D eigenvalue weighted by Crippen LogP contribution is 2.30. The molecule has 1 atom stereocenters. The molecule has 0 bridgehead atoms. The Kier molecular flexibility index (Phi) is 5.20. The van der Waals surface area contributed by atoms with Crippen molar-refractivity contribution >= 4 is 5.91 Å². The smallest absolute Gasteiger partial charge is 0.254 e. The second-order valence-corrected chi connectivity index (χ2v) is 7.13. The normalized spacial score (nSPS) is 15.7. The van der Waals surface area contributed by atoms with E-state index in [1.807, 2.05) is 30.0 Å². The van der Waals surface area contributed by atoms with E-state index in [1.165, 1.54) is 5.56 Å². The fourth-order valence-electron chi connectivity index (χ4n) is 3.92. The lowest BCUT2D eigenvalue weighted by Crippen LogP contribution is -2.42. The number of amides is 1. The summed E-state index contributed by atoms with van der Waals surface area (Å²) < 4.78 is 12.8. The molecule has 7 nitrogen and oxygen atoms in total. The minimum atomic E-state index is -0.0593. The van der Waals surface area contributed by atoms with E-state index >= 15 is 0 Å². The Bertz CT molecular complexity index is 1020. The van der Waals surface area contributed by atoms with Gasteiger partial charge >= 0.3 is 0 Å². The van der Waals surface area contributed by atoms with Crippen LogP contribution in [0.1, 0.15) is 33.6 Å². The van der Waals surface area contributed by atoms with Crippen molar-refractivity contribution in [2.45, 2.75) is 25.9 Å². The minimum absolute atomic E-state index is 0.0593. The summed E-state index contributed by atoms with van der Waals surface area (Å²) in [4.78, 5) is 15.1. The third-order valence-electron chi connectivity index (χ3n) is 5.30. The Balaban J connectivity index is 1.63. The highest BCUT2D eigenvalue weighted by atomic mass is 16.5. The maximum absolute atomic E-state index is 13.3. The number of aryl methyl sites for hydroxylation is 1. The van der Waals surface area contributed by atoms with Crippen LogP contribution in [-0.4, -0.2) is 46.3 Å². The van der Waals surface area contributed by atoms with Crippen molar-refractivity contribution in [1.29, 1.82) is 0 Å². The molecular formula is C22H24N4O3. The summed E-state index contributed by atoms with van der Waals surface area (Å²) >= 11 is 0. The van der Waals surface area contributed by atoms with Crippen LogP contribution in [-0.2, 0) is 13.0 Å². The van der Waals surface area contributed by atoms with E-state index in [0.29, 0.717) is 30.2 Å². The molecule has 0 saturated heterocycles. The molecule has 0 unspecified atom stereocenters. The van der Waals surface area contributed by atoms with Crippen LogP contribution in [0.2, 0.25) is 0 Å². The molecule has 1 amide bonds. The molecule has 1 aromatic heterocycles. The lowest BCUT2D eigenvalue weighted by atomic mass is 10.0. The van der Waals surface area contributed by atoms with Gasteiger partial charge < -0.3 is 18.9 Å². The molecule has 2 aromatic carbocycles. The highest BCUT2D eigenvalue weighted by Gasteiger charge is 2.31. The molecule has 3 aromatic rings. The summed E-state index contributed by atoms with van der Waals surface area (Å²) in [5.41, 5.74) is 1.78. The first-order valence-corrected chi connectivity index (χ1v) is 9.56. The fourth-order valence-corrected chi connectivity index (χ4v) is 3.92. The lowest BCUT2D eigenvalue weighted by molar-refractivity contribution is 0.0671. The zero-order chi connectivity index (χ0) is 20.4. The Hall–Kier alpha value is -3.35. The molecule has 1 aliphatic rings. The molecule has 0 aliphatic carbocycles. The van der Waals surface area contributed by atoms with E-state index in [0.717, 1.165) is 18.1 Å². The number of nitrogens with zero attached hydrogens (tertiary/aromatic N) is 4. The Morgan fingerprint density at radius 1 is 1.07 bits per heavy atom. The summed E-state index contributed by atoms with van der Waals surface area (Å²) in [6.45, 7) is 2.98. The number of hydrogen-bond acceptors (Lipinski definition) is 5. The largest absolute Gasteiger partial charge is 0.493 e. The highest BCUT2D eigenvalue weighted by molar-refractivity contribution is 5.95. The number of aromatic nitrogens is 3. The van der Waals surface area contributed by atoms with Gasteiger partial charge in [-0.05, 0) is 37.1 Å². The van der Waals surface area contributed by atoms with Gasteiger partial charge in [0.1, 0.15) is 5.82 Å². The maximum atomic E-state index is 13.3. The molecule has 29 heavy (non-hydrogen) atoms. The molecule has 0 saturated carbocycles. The van der Waals surface area contributed by atoms with Crippen molar-refractivity contribution in [2.75, 3.05) is 20.8 Å². The van der Waals surface area contributed by atoms with Crippen LogP contribution in [0.5, 0.6) is 11.5 Å². The van der Waals surface area contributed by atoms with Crippen molar-refractivity contribution in [3.63, 3.8) is 0 Å². The van der Waals surface area contributed by atoms with Crippen LogP contribution in [0.4, 0.5) is 0 Å². The zero-order valence-electron chi connectivity index (χ0n) is 16.8. The third-order valence-corrected chi connectivity index (χ3v) is 5.30. The number of hydrogen-bond donors (Lipinski definition) is 0. The van der Waals surface area contributed by atoms with Crippen molar-refractivity contribution < 1.29 is 14.3 Å². The Morgan fingerprint density at radius 2 is 1.83 bits per heavy atom. The molecule has 2 heterocycles. The van der Waals surface area contributed by atoms with Gasteiger partial charge in [0.2, 0.25) is 0 Å². The summed E-state index contributed by atoms with van der Waals surface area (Å²) in [5.74, 6) is 2.76. The van der Waals surface area contributed by atoms with Gasteiger partial charge in [-0.3, -0.25) is 4.79 Å². The SMILES string of the molecule is COc1ccc(C(=O)N2Cc3nnc(C)n3[C@H](Cc3ccccc3)C2)cc1OC. The van der Waals surface area contributed by atoms with E-state index in [4.69, 9.17) is 9.47 Å². The second-order valence-electron chi connectivity index (χ2n) is 7.13. The van der Waals surface area contributed by atoms with E-state index < -0.39 is 0 Å². The van der Waals surface area contributed by atoms with Gasteiger partial charge in [-0.2, -0.15) is 0 Å². The van der Waals surface area contributed by atoms with Gasteiger partial charge in [-0.15, -0.1) is 10.2 Å². The molecular weight excluding hydrogens is 368 g/mol. The lowest BCUT2D eigenvalue weighted by Gasteiger charge is -2.34. The van der Waals surface area contributed by atoms with Gasteiger partial charge in [-0.25, -0.2) is 0 Å².